The van der Waals surface area contributed by atoms with Crippen LogP contribution in [0.1, 0.15) is 26.2 Å². The normalized spacial score (nSPS) is 21.6. The van der Waals surface area contributed by atoms with Gasteiger partial charge in [-0.25, -0.2) is 0 Å². The van der Waals surface area contributed by atoms with Crippen molar-refractivity contribution in [3.63, 3.8) is 0 Å². The molecule has 2 unspecified atom stereocenters. The van der Waals surface area contributed by atoms with Crippen LogP contribution in [0.4, 0.5) is 0 Å². The molecule has 112 valence electrons. The lowest BCUT2D eigenvalue weighted by molar-refractivity contribution is -0.140. The molecule has 2 atom stereocenters. The topological polar surface area (TPSA) is 84.9 Å². The number of esters is 1. The van der Waals surface area contributed by atoms with Crippen LogP contribution >= 0.6 is 0 Å². The van der Waals surface area contributed by atoms with Gasteiger partial charge in [-0.2, -0.15) is 17.4 Å². The minimum absolute atomic E-state index is 0.0300. The van der Waals surface area contributed by atoms with Crippen molar-refractivity contribution in [2.75, 3.05) is 27.3 Å². The van der Waals surface area contributed by atoms with Gasteiger partial charge in [-0.05, 0) is 19.8 Å². The van der Waals surface area contributed by atoms with Gasteiger partial charge in [-0.15, -0.1) is 0 Å². The lowest BCUT2D eigenvalue weighted by Gasteiger charge is -2.23. The minimum atomic E-state index is -3.61. The van der Waals surface area contributed by atoms with Crippen LogP contribution < -0.4 is 4.72 Å². The summed E-state index contributed by atoms with van der Waals surface area (Å²) in [5.41, 5.74) is 0. The second kappa shape index (κ2) is 7.18. The van der Waals surface area contributed by atoms with Crippen molar-refractivity contribution in [1.29, 1.82) is 0 Å². The van der Waals surface area contributed by atoms with Crippen molar-refractivity contribution in [2.45, 2.75) is 38.3 Å². The van der Waals surface area contributed by atoms with Crippen molar-refractivity contribution in [2.24, 2.45) is 0 Å². The Balaban J connectivity index is 2.47. The molecule has 0 aliphatic carbocycles. The molecular formula is C11H22N2O5S. The summed E-state index contributed by atoms with van der Waals surface area (Å²) in [6.07, 6.45) is 1.76. The molecule has 0 spiro atoms. The van der Waals surface area contributed by atoms with Crippen LogP contribution in [0.2, 0.25) is 0 Å². The van der Waals surface area contributed by atoms with E-state index in [4.69, 9.17) is 4.74 Å². The maximum atomic E-state index is 12.0. The Bertz CT molecular complexity index is 392. The molecule has 1 heterocycles. The van der Waals surface area contributed by atoms with E-state index in [2.05, 4.69) is 9.46 Å². The number of hydrogen-bond donors (Lipinski definition) is 1. The number of rotatable bonds is 7. The quantitative estimate of drug-likeness (QED) is 0.662. The first-order valence-electron chi connectivity index (χ1n) is 6.29. The predicted molar refractivity (Wildman–Crippen MR) is 69.8 cm³/mol. The molecule has 19 heavy (non-hydrogen) atoms. The van der Waals surface area contributed by atoms with Crippen molar-refractivity contribution in [1.82, 2.24) is 9.03 Å². The zero-order chi connectivity index (χ0) is 14.5. The molecule has 0 aromatic heterocycles. The van der Waals surface area contributed by atoms with Gasteiger partial charge in [-0.1, -0.05) is 0 Å². The van der Waals surface area contributed by atoms with Gasteiger partial charge in [0.05, 0.1) is 19.6 Å². The first-order chi connectivity index (χ1) is 8.86. The highest BCUT2D eigenvalue weighted by molar-refractivity contribution is 7.87. The Hall–Kier alpha value is -0.700. The zero-order valence-electron chi connectivity index (χ0n) is 11.6. The molecule has 0 radical (unpaired) electrons. The minimum Gasteiger partial charge on any atom is -0.469 e. The third kappa shape index (κ3) is 5.06. The summed E-state index contributed by atoms with van der Waals surface area (Å²) < 4.78 is 37.6. The molecule has 0 aromatic carbocycles. The fraction of sp³-hybridized carbons (Fsp3) is 0.909. The van der Waals surface area contributed by atoms with Gasteiger partial charge in [0, 0.05) is 26.2 Å². The average Bonchev–Trinajstić information content (AvgIpc) is 2.88. The van der Waals surface area contributed by atoms with E-state index in [1.807, 2.05) is 0 Å². The first-order valence-corrected chi connectivity index (χ1v) is 7.73. The van der Waals surface area contributed by atoms with E-state index < -0.39 is 16.2 Å². The van der Waals surface area contributed by atoms with Gasteiger partial charge >= 0.3 is 5.97 Å². The lowest BCUT2D eigenvalue weighted by atomic mass is 10.1. The Morgan fingerprint density at radius 1 is 1.58 bits per heavy atom. The Morgan fingerprint density at radius 3 is 2.79 bits per heavy atom. The Labute approximate surface area is 114 Å². The maximum absolute atomic E-state index is 12.0. The first kappa shape index (κ1) is 16.4. The fourth-order valence-electron chi connectivity index (χ4n) is 1.87. The highest BCUT2D eigenvalue weighted by Crippen LogP contribution is 2.16. The van der Waals surface area contributed by atoms with Gasteiger partial charge in [0.25, 0.3) is 10.2 Å². The molecule has 1 aliphatic rings. The molecule has 1 rings (SSSR count). The largest absolute Gasteiger partial charge is 0.469 e. The summed E-state index contributed by atoms with van der Waals surface area (Å²) in [6.45, 7) is 2.54. The summed E-state index contributed by atoms with van der Waals surface area (Å²) in [5, 5.41) is 0. The number of nitrogens with one attached hydrogen (secondary N) is 1. The monoisotopic (exact) mass is 294 g/mol. The summed E-state index contributed by atoms with van der Waals surface area (Å²) in [7, 11) is -0.909. The van der Waals surface area contributed by atoms with Gasteiger partial charge in [0.1, 0.15) is 0 Å². The fourth-order valence-corrected chi connectivity index (χ4v) is 3.00. The van der Waals surface area contributed by atoms with Crippen molar-refractivity contribution < 1.29 is 22.7 Å². The van der Waals surface area contributed by atoms with Crippen LogP contribution in [0.25, 0.3) is 0 Å². The van der Waals surface area contributed by atoms with Crippen LogP contribution in [0.3, 0.4) is 0 Å². The van der Waals surface area contributed by atoms with Crippen LogP contribution in [-0.4, -0.2) is 58.1 Å². The second-order valence-corrected chi connectivity index (χ2v) is 6.42. The number of ether oxygens (including phenoxy) is 2. The van der Waals surface area contributed by atoms with Crippen LogP contribution in [0.5, 0.6) is 0 Å². The number of nitrogens with zero attached hydrogens (tertiary/aromatic N) is 1. The zero-order valence-corrected chi connectivity index (χ0v) is 12.4. The molecule has 0 amide bonds. The number of methoxy groups -OCH3 is 1. The summed E-state index contributed by atoms with van der Waals surface area (Å²) in [4.78, 5) is 11.0. The molecule has 1 saturated heterocycles. The number of carbonyl (C=O) groups excluding carboxylic acids is 1. The summed E-state index contributed by atoms with van der Waals surface area (Å²) in [5.74, 6) is -0.436. The molecule has 0 aromatic rings. The van der Waals surface area contributed by atoms with E-state index in [1.54, 1.807) is 6.92 Å². The predicted octanol–water partition coefficient (Wildman–Crippen LogP) is -0.117. The van der Waals surface area contributed by atoms with Gasteiger partial charge in [0.2, 0.25) is 0 Å². The van der Waals surface area contributed by atoms with E-state index >= 15 is 0 Å². The number of carbonyl (C=O) groups is 1. The van der Waals surface area contributed by atoms with Crippen molar-refractivity contribution in [3.05, 3.63) is 0 Å². The molecular weight excluding hydrogens is 272 g/mol. The van der Waals surface area contributed by atoms with Gasteiger partial charge < -0.3 is 9.47 Å². The van der Waals surface area contributed by atoms with E-state index in [0.717, 1.165) is 17.1 Å². The van der Waals surface area contributed by atoms with E-state index in [-0.39, 0.29) is 25.1 Å². The van der Waals surface area contributed by atoms with E-state index in [1.165, 1.54) is 14.2 Å². The Morgan fingerprint density at radius 2 is 2.26 bits per heavy atom. The van der Waals surface area contributed by atoms with E-state index in [9.17, 15) is 13.2 Å². The molecule has 1 fully saturated rings. The van der Waals surface area contributed by atoms with Gasteiger partial charge in [0.15, 0.2) is 0 Å². The van der Waals surface area contributed by atoms with Crippen LogP contribution in [0.15, 0.2) is 0 Å². The average molecular weight is 294 g/mol. The second-order valence-electron chi connectivity index (χ2n) is 4.61. The maximum Gasteiger partial charge on any atom is 0.306 e. The SMILES string of the molecule is COC(=O)CCN(C)S(=O)(=O)NC(C)C1CCCO1. The van der Waals surface area contributed by atoms with Crippen molar-refractivity contribution in [3.8, 4) is 0 Å². The molecule has 1 aliphatic heterocycles. The molecule has 1 N–H and O–H groups in total. The third-order valence-corrected chi connectivity index (χ3v) is 4.80. The number of hydrogen-bond acceptors (Lipinski definition) is 5. The molecule has 8 heteroatoms. The van der Waals surface area contributed by atoms with Crippen LogP contribution in [-0.2, 0) is 24.5 Å². The van der Waals surface area contributed by atoms with Crippen LogP contribution in [0, 0.1) is 0 Å². The smallest absolute Gasteiger partial charge is 0.306 e. The van der Waals surface area contributed by atoms with Crippen molar-refractivity contribution >= 4 is 16.2 Å². The van der Waals surface area contributed by atoms with Gasteiger partial charge in [-0.3, -0.25) is 4.79 Å². The highest BCUT2D eigenvalue weighted by atomic mass is 32.2. The molecule has 7 nitrogen and oxygen atoms in total. The molecule has 0 saturated carbocycles. The van der Waals surface area contributed by atoms with E-state index in [0.29, 0.717) is 6.61 Å². The molecule has 0 bridgehead atoms. The summed E-state index contributed by atoms with van der Waals surface area (Å²) >= 11 is 0. The lowest BCUT2D eigenvalue weighted by Crippen LogP contribution is -2.47. The Kier molecular flexibility index (Phi) is 6.18. The summed E-state index contributed by atoms with van der Waals surface area (Å²) in [6, 6.07) is -0.284. The standard InChI is InChI=1S/C11H22N2O5S/c1-9(10-5-4-8-18-10)12-19(15,16)13(2)7-6-11(14)17-3/h9-10,12H,4-8H2,1-3H3. The highest BCUT2D eigenvalue weighted by Gasteiger charge is 2.28. The third-order valence-electron chi connectivity index (χ3n) is 3.13.